The number of carbonyl (C=O) groups is 1. The predicted molar refractivity (Wildman–Crippen MR) is 113 cm³/mol. The highest BCUT2D eigenvalue weighted by molar-refractivity contribution is 7.99. The maximum Gasteiger partial charge on any atom is 0.233 e. The third-order valence-corrected chi connectivity index (χ3v) is 5.86. The van der Waals surface area contributed by atoms with Crippen molar-refractivity contribution in [3.8, 4) is 11.4 Å². The van der Waals surface area contributed by atoms with E-state index in [1.54, 1.807) is 18.2 Å². The number of ether oxygens (including phenoxy) is 1. The van der Waals surface area contributed by atoms with Gasteiger partial charge in [0.2, 0.25) is 5.91 Å². The fourth-order valence-corrected chi connectivity index (χ4v) is 4.26. The van der Waals surface area contributed by atoms with Gasteiger partial charge in [-0.1, -0.05) is 42.1 Å². The number of halogens is 1. The Bertz CT molecular complexity index is 990. The minimum atomic E-state index is -0.426. The third-order valence-electron chi connectivity index (χ3n) is 4.94. The lowest BCUT2D eigenvalue weighted by atomic mass is 10.1. The standard InChI is InChI=1S/C22H23FN4O2S/c23-18-11-5-6-12-19(18)29-15-20-24-25-22(27(20)17-9-3-1-4-10-17)30-16-21(28)26-13-7-2-8-14-26/h1,3-6,9-12H,2,7-8,13-16H2. The molecule has 0 unspecified atom stereocenters. The molecule has 0 N–H and O–H groups in total. The highest BCUT2D eigenvalue weighted by Crippen LogP contribution is 2.24. The number of para-hydroxylation sites is 2. The van der Waals surface area contributed by atoms with E-state index >= 15 is 0 Å². The Hall–Kier alpha value is -2.87. The molecule has 0 atom stereocenters. The van der Waals surface area contributed by atoms with Gasteiger partial charge in [0.15, 0.2) is 22.5 Å². The van der Waals surface area contributed by atoms with Gasteiger partial charge in [-0.2, -0.15) is 0 Å². The fraction of sp³-hybridized carbons (Fsp3) is 0.318. The first kappa shape index (κ1) is 20.4. The highest BCUT2D eigenvalue weighted by atomic mass is 32.2. The maximum absolute atomic E-state index is 13.9. The molecule has 0 spiro atoms. The van der Waals surface area contributed by atoms with Crippen molar-refractivity contribution in [3.63, 3.8) is 0 Å². The molecule has 0 bridgehead atoms. The van der Waals surface area contributed by atoms with E-state index in [9.17, 15) is 9.18 Å². The van der Waals surface area contributed by atoms with Crippen LogP contribution in [0.4, 0.5) is 4.39 Å². The van der Waals surface area contributed by atoms with Crippen molar-refractivity contribution < 1.29 is 13.9 Å². The summed E-state index contributed by atoms with van der Waals surface area (Å²) in [6.45, 7) is 1.71. The average molecular weight is 427 g/mol. The zero-order chi connectivity index (χ0) is 20.8. The molecule has 0 saturated carbocycles. The highest BCUT2D eigenvalue weighted by Gasteiger charge is 2.20. The number of piperidine rings is 1. The van der Waals surface area contributed by atoms with Crippen LogP contribution in [0.1, 0.15) is 25.1 Å². The first-order valence-corrected chi connectivity index (χ1v) is 11.0. The first-order chi connectivity index (χ1) is 14.7. The van der Waals surface area contributed by atoms with Gasteiger partial charge < -0.3 is 9.64 Å². The molecule has 4 rings (SSSR count). The van der Waals surface area contributed by atoms with E-state index in [1.165, 1.54) is 24.2 Å². The number of carbonyl (C=O) groups excluding carboxylic acids is 1. The molecule has 0 radical (unpaired) electrons. The van der Waals surface area contributed by atoms with Crippen LogP contribution in [0.3, 0.4) is 0 Å². The van der Waals surface area contributed by atoms with Gasteiger partial charge in [-0.15, -0.1) is 10.2 Å². The number of rotatable bonds is 7. The van der Waals surface area contributed by atoms with Gasteiger partial charge in [0, 0.05) is 18.8 Å². The van der Waals surface area contributed by atoms with Gasteiger partial charge in [-0.3, -0.25) is 9.36 Å². The minimum Gasteiger partial charge on any atom is -0.483 e. The summed E-state index contributed by atoms with van der Waals surface area (Å²) in [6.07, 6.45) is 3.31. The Kier molecular flexibility index (Phi) is 6.63. The van der Waals surface area contributed by atoms with Crippen LogP contribution in [0.5, 0.6) is 5.75 Å². The van der Waals surface area contributed by atoms with Crippen molar-refractivity contribution in [2.24, 2.45) is 0 Å². The molecule has 30 heavy (non-hydrogen) atoms. The molecule has 2 heterocycles. The van der Waals surface area contributed by atoms with E-state index in [2.05, 4.69) is 10.2 Å². The summed E-state index contributed by atoms with van der Waals surface area (Å²) < 4.78 is 21.4. The zero-order valence-electron chi connectivity index (χ0n) is 16.5. The summed E-state index contributed by atoms with van der Waals surface area (Å²) in [7, 11) is 0. The molecule has 6 nitrogen and oxygen atoms in total. The maximum atomic E-state index is 13.9. The lowest BCUT2D eigenvalue weighted by molar-refractivity contribution is -0.129. The molecule has 156 valence electrons. The summed E-state index contributed by atoms with van der Waals surface area (Å²) in [5, 5.41) is 9.13. The molecule has 8 heteroatoms. The molecule has 1 aliphatic rings. The molecule has 0 aliphatic carbocycles. The van der Waals surface area contributed by atoms with E-state index < -0.39 is 5.82 Å². The number of benzene rings is 2. The van der Waals surface area contributed by atoms with Crippen molar-refractivity contribution >= 4 is 17.7 Å². The Balaban J connectivity index is 1.52. The van der Waals surface area contributed by atoms with Gasteiger partial charge in [-0.25, -0.2) is 4.39 Å². The summed E-state index contributed by atoms with van der Waals surface area (Å²) in [5.41, 5.74) is 0.863. The van der Waals surface area contributed by atoms with Gasteiger partial charge in [-0.05, 0) is 43.5 Å². The summed E-state index contributed by atoms with van der Waals surface area (Å²) in [4.78, 5) is 14.5. The molecule has 3 aromatic rings. The average Bonchev–Trinajstić information content (AvgIpc) is 3.21. The second-order valence-corrected chi connectivity index (χ2v) is 7.96. The normalized spacial score (nSPS) is 14.0. The van der Waals surface area contributed by atoms with Crippen LogP contribution >= 0.6 is 11.8 Å². The van der Waals surface area contributed by atoms with Crippen LogP contribution in [-0.2, 0) is 11.4 Å². The predicted octanol–water partition coefficient (Wildman–Crippen LogP) is 4.09. The smallest absolute Gasteiger partial charge is 0.233 e. The Morgan fingerprint density at radius 2 is 1.73 bits per heavy atom. The number of nitrogens with zero attached hydrogens (tertiary/aromatic N) is 4. The monoisotopic (exact) mass is 426 g/mol. The van der Waals surface area contributed by atoms with Crippen LogP contribution < -0.4 is 4.74 Å². The van der Waals surface area contributed by atoms with Crippen LogP contribution in [0.2, 0.25) is 0 Å². The second kappa shape index (κ2) is 9.75. The van der Waals surface area contributed by atoms with Crippen LogP contribution in [-0.4, -0.2) is 44.4 Å². The van der Waals surface area contributed by atoms with Gasteiger partial charge in [0.05, 0.1) is 5.75 Å². The Morgan fingerprint density at radius 3 is 2.50 bits per heavy atom. The zero-order valence-corrected chi connectivity index (χ0v) is 17.4. The molecule has 1 saturated heterocycles. The van der Waals surface area contributed by atoms with Crippen molar-refractivity contribution in [2.45, 2.75) is 31.0 Å². The lowest BCUT2D eigenvalue weighted by Crippen LogP contribution is -2.36. The van der Waals surface area contributed by atoms with Crippen molar-refractivity contribution in [2.75, 3.05) is 18.8 Å². The first-order valence-electron chi connectivity index (χ1n) is 10.00. The van der Waals surface area contributed by atoms with Crippen LogP contribution in [0, 0.1) is 5.82 Å². The van der Waals surface area contributed by atoms with Crippen molar-refractivity contribution in [3.05, 3.63) is 66.2 Å². The third kappa shape index (κ3) is 4.81. The molecule has 1 fully saturated rings. The van der Waals surface area contributed by atoms with E-state index in [1.807, 2.05) is 39.8 Å². The molecular weight excluding hydrogens is 403 g/mol. The number of thioether (sulfide) groups is 1. The summed E-state index contributed by atoms with van der Waals surface area (Å²) >= 11 is 1.36. The summed E-state index contributed by atoms with van der Waals surface area (Å²) in [6, 6.07) is 15.9. The van der Waals surface area contributed by atoms with Gasteiger partial charge in [0.25, 0.3) is 0 Å². The van der Waals surface area contributed by atoms with E-state index in [4.69, 9.17) is 4.74 Å². The lowest BCUT2D eigenvalue weighted by Gasteiger charge is -2.26. The number of aromatic nitrogens is 3. The van der Waals surface area contributed by atoms with Crippen LogP contribution in [0.25, 0.3) is 5.69 Å². The molecular formula is C22H23FN4O2S. The van der Waals surface area contributed by atoms with Crippen molar-refractivity contribution in [1.82, 2.24) is 19.7 Å². The SMILES string of the molecule is O=C(CSc1nnc(COc2ccccc2F)n1-c1ccccc1)N1CCCCC1. The van der Waals surface area contributed by atoms with Crippen LogP contribution in [0.15, 0.2) is 59.8 Å². The number of likely N-dealkylation sites (tertiary alicyclic amines) is 1. The van der Waals surface area contributed by atoms with Gasteiger partial charge >= 0.3 is 0 Å². The van der Waals surface area contributed by atoms with Crippen molar-refractivity contribution in [1.29, 1.82) is 0 Å². The Morgan fingerprint density at radius 1 is 1.00 bits per heavy atom. The molecule has 1 amide bonds. The number of amides is 1. The second-order valence-electron chi connectivity index (χ2n) is 7.02. The van der Waals surface area contributed by atoms with E-state index in [0.29, 0.717) is 16.7 Å². The molecule has 1 aliphatic heterocycles. The van der Waals surface area contributed by atoms with E-state index in [-0.39, 0.29) is 18.3 Å². The van der Waals surface area contributed by atoms with Gasteiger partial charge in [0.1, 0.15) is 6.61 Å². The topological polar surface area (TPSA) is 60.2 Å². The molecule has 2 aromatic carbocycles. The fourth-order valence-electron chi connectivity index (χ4n) is 3.39. The van der Waals surface area contributed by atoms with E-state index in [0.717, 1.165) is 31.6 Å². The number of hydrogen-bond donors (Lipinski definition) is 0. The Labute approximate surface area is 179 Å². The quantitative estimate of drug-likeness (QED) is 0.533. The largest absolute Gasteiger partial charge is 0.483 e. The molecule has 1 aromatic heterocycles. The number of hydrogen-bond acceptors (Lipinski definition) is 5. The summed E-state index contributed by atoms with van der Waals surface area (Å²) in [5.74, 6) is 0.697. The minimum absolute atomic E-state index is 0.0590.